The van der Waals surface area contributed by atoms with Crippen molar-refractivity contribution in [3.63, 3.8) is 0 Å². The molecule has 0 spiro atoms. The molecule has 0 saturated carbocycles. The summed E-state index contributed by atoms with van der Waals surface area (Å²) < 4.78 is 0. The van der Waals surface area contributed by atoms with Crippen LogP contribution in [-0.4, -0.2) is 28.4 Å². The van der Waals surface area contributed by atoms with E-state index in [0.29, 0.717) is 11.6 Å². The van der Waals surface area contributed by atoms with E-state index in [2.05, 4.69) is 27.3 Å². The van der Waals surface area contributed by atoms with Crippen molar-refractivity contribution >= 4 is 11.6 Å². The molecule has 2 saturated heterocycles. The Labute approximate surface area is 142 Å². The number of amides is 1. The van der Waals surface area contributed by atoms with Gasteiger partial charge in [0.15, 0.2) is 0 Å². The van der Waals surface area contributed by atoms with Gasteiger partial charge >= 0.3 is 0 Å². The summed E-state index contributed by atoms with van der Waals surface area (Å²) in [5, 5.41) is 2.95. The first-order valence-electron chi connectivity index (χ1n) is 8.88. The van der Waals surface area contributed by atoms with Crippen molar-refractivity contribution in [2.45, 2.75) is 44.2 Å². The minimum absolute atomic E-state index is 0.0953. The van der Waals surface area contributed by atoms with Crippen molar-refractivity contribution in [2.75, 3.05) is 11.9 Å². The van der Waals surface area contributed by atoms with Crippen LogP contribution in [0.3, 0.4) is 0 Å². The van der Waals surface area contributed by atoms with Gasteiger partial charge in [0.1, 0.15) is 0 Å². The summed E-state index contributed by atoms with van der Waals surface area (Å²) in [7, 11) is 0. The first-order chi connectivity index (χ1) is 11.8. The van der Waals surface area contributed by atoms with Crippen molar-refractivity contribution in [1.82, 2.24) is 9.88 Å². The highest BCUT2D eigenvalue weighted by atomic mass is 16.1. The number of nitrogens with zero attached hydrogens (tertiary/aromatic N) is 2. The molecule has 0 aliphatic carbocycles. The third-order valence-corrected chi connectivity index (χ3v) is 5.34. The number of anilines is 1. The second kappa shape index (κ2) is 6.73. The third kappa shape index (κ3) is 3.06. The molecule has 2 aliphatic heterocycles. The average Bonchev–Trinajstić information content (AvgIpc) is 3.07. The van der Waals surface area contributed by atoms with Crippen LogP contribution in [0.5, 0.6) is 0 Å². The molecular weight excluding hydrogens is 298 g/mol. The van der Waals surface area contributed by atoms with E-state index in [1.807, 2.05) is 12.1 Å². The third-order valence-electron chi connectivity index (χ3n) is 5.34. The van der Waals surface area contributed by atoms with Crippen LogP contribution in [-0.2, 0) is 0 Å². The highest BCUT2D eigenvalue weighted by Crippen LogP contribution is 2.40. The van der Waals surface area contributed by atoms with Gasteiger partial charge in [-0.25, -0.2) is 0 Å². The van der Waals surface area contributed by atoms with Gasteiger partial charge in [0.2, 0.25) is 0 Å². The lowest BCUT2D eigenvalue weighted by atomic mass is 10.0. The van der Waals surface area contributed by atoms with Gasteiger partial charge in [-0.1, -0.05) is 18.6 Å². The Balaban J connectivity index is 1.44. The van der Waals surface area contributed by atoms with Crippen molar-refractivity contribution in [2.24, 2.45) is 0 Å². The number of hydrogen-bond acceptors (Lipinski definition) is 3. The summed E-state index contributed by atoms with van der Waals surface area (Å²) in [5.41, 5.74) is 2.84. The molecule has 3 heterocycles. The number of piperidine rings is 1. The van der Waals surface area contributed by atoms with Crippen LogP contribution in [0.2, 0.25) is 0 Å². The molecule has 24 heavy (non-hydrogen) atoms. The number of hydrogen-bond donors (Lipinski definition) is 1. The van der Waals surface area contributed by atoms with E-state index >= 15 is 0 Å². The lowest BCUT2D eigenvalue weighted by Crippen LogP contribution is -2.35. The highest BCUT2D eigenvalue weighted by molar-refractivity contribution is 6.04. The van der Waals surface area contributed by atoms with E-state index in [0.717, 1.165) is 11.7 Å². The van der Waals surface area contributed by atoms with Gasteiger partial charge in [-0.3, -0.25) is 14.7 Å². The number of pyridine rings is 1. The molecule has 0 bridgehead atoms. The van der Waals surface area contributed by atoms with Gasteiger partial charge in [-0.2, -0.15) is 0 Å². The summed E-state index contributed by atoms with van der Waals surface area (Å²) in [6.45, 7) is 1.23. The highest BCUT2D eigenvalue weighted by Gasteiger charge is 2.35. The molecule has 124 valence electrons. The normalized spacial score (nSPS) is 23.7. The van der Waals surface area contributed by atoms with Crippen molar-refractivity contribution in [3.05, 3.63) is 59.9 Å². The monoisotopic (exact) mass is 321 g/mol. The maximum Gasteiger partial charge on any atom is 0.255 e. The number of carbonyl (C=O) groups excluding carboxylic acids is 1. The summed E-state index contributed by atoms with van der Waals surface area (Å²) in [6.07, 6.45) is 9.91. The Bertz CT molecular complexity index is 699. The van der Waals surface area contributed by atoms with E-state index in [9.17, 15) is 4.79 Å². The summed E-state index contributed by atoms with van der Waals surface area (Å²) in [6, 6.07) is 13.2. The van der Waals surface area contributed by atoms with Crippen LogP contribution in [0.25, 0.3) is 0 Å². The summed E-state index contributed by atoms with van der Waals surface area (Å²) >= 11 is 0. The Kier molecular flexibility index (Phi) is 4.30. The molecule has 2 aliphatic rings. The summed E-state index contributed by atoms with van der Waals surface area (Å²) in [4.78, 5) is 18.8. The molecule has 2 unspecified atom stereocenters. The fourth-order valence-corrected chi connectivity index (χ4v) is 4.11. The molecule has 4 rings (SSSR count). The first kappa shape index (κ1) is 15.3. The first-order valence-corrected chi connectivity index (χ1v) is 8.88. The molecule has 4 nitrogen and oxygen atoms in total. The van der Waals surface area contributed by atoms with Crippen molar-refractivity contribution in [3.8, 4) is 0 Å². The average molecular weight is 321 g/mol. The van der Waals surface area contributed by atoms with Gasteiger partial charge < -0.3 is 5.32 Å². The minimum atomic E-state index is -0.0953. The molecule has 1 N–H and O–H groups in total. The van der Waals surface area contributed by atoms with Gasteiger partial charge in [-0.15, -0.1) is 0 Å². The van der Waals surface area contributed by atoms with Crippen molar-refractivity contribution in [1.29, 1.82) is 0 Å². The van der Waals surface area contributed by atoms with Gasteiger partial charge in [0, 0.05) is 35.7 Å². The molecule has 0 radical (unpaired) electrons. The second-order valence-corrected chi connectivity index (χ2v) is 6.79. The zero-order valence-electron chi connectivity index (χ0n) is 13.8. The fraction of sp³-hybridized carbons (Fsp3) is 0.400. The molecule has 1 aromatic carbocycles. The van der Waals surface area contributed by atoms with Crippen LogP contribution in [0.4, 0.5) is 5.69 Å². The molecule has 2 fully saturated rings. The Morgan fingerprint density at radius 3 is 2.58 bits per heavy atom. The number of carbonyl (C=O) groups is 1. The standard InChI is InChI=1S/C20H23N3O/c24-20(16-10-12-21-13-11-16)22-17-6-4-15(5-7-17)19-9-8-18-3-1-2-14-23(18)19/h4-7,10-13,18-19H,1-3,8-9,14H2,(H,22,24). The van der Waals surface area contributed by atoms with Crippen molar-refractivity contribution < 1.29 is 4.79 Å². The quantitative estimate of drug-likeness (QED) is 0.928. The molecule has 1 aromatic heterocycles. The van der Waals surface area contributed by atoms with Gasteiger partial charge in [0.25, 0.3) is 5.91 Å². The van der Waals surface area contributed by atoms with Crippen LogP contribution >= 0.6 is 0 Å². The maximum absolute atomic E-state index is 12.2. The maximum atomic E-state index is 12.2. The van der Waals surface area contributed by atoms with E-state index < -0.39 is 0 Å². The van der Waals surface area contributed by atoms with E-state index in [1.54, 1.807) is 24.5 Å². The number of nitrogens with one attached hydrogen (secondary N) is 1. The predicted molar refractivity (Wildman–Crippen MR) is 95.0 cm³/mol. The second-order valence-electron chi connectivity index (χ2n) is 6.79. The topological polar surface area (TPSA) is 45.2 Å². The van der Waals surface area contributed by atoms with Gasteiger partial charge in [0.05, 0.1) is 0 Å². The van der Waals surface area contributed by atoms with Crippen LogP contribution < -0.4 is 5.32 Å². The van der Waals surface area contributed by atoms with Crippen LogP contribution in [0.15, 0.2) is 48.8 Å². The molecule has 1 amide bonds. The lowest BCUT2D eigenvalue weighted by Gasteiger charge is -2.34. The SMILES string of the molecule is O=C(Nc1ccc(C2CCC3CCCCN32)cc1)c1ccncc1. The number of aromatic nitrogens is 1. The Morgan fingerprint density at radius 1 is 1.00 bits per heavy atom. The van der Waals surface area contributed by atoms with E-state index in [-0.39, 0.29) is 5.91 Å². The van der Waals surface area contributed by atoms with Gasteiger partial charge in [-0.05, 0) is 62.1 Å². The Morgan fingerprint density at radius 2 is 1.79 bits per heavy atom. The minimum Gasteiger partial charge on any atom is -0.322 e. The molecule has 2 aromatic rings. The number of benzene rings is 1. The molecular formula is C20H23N3O. The molecule has 2 atom stereocenters. The van der Waals surface area contributed by atoms with E-state index in [1.165, 1.54) is 44.2 Å². The van der Waals surface area contributed by atoms with Crippen LogP contribution in [0.1, 0.15) is 54.1 Å². The Hall–Kier alpha value is -2.20. The largest absolute Gasteiger partial charge is 0.322 e. The zero-order valence-corrected chi connectivity index (χ0v) is 13.8. The number of fused-ring (bicyclic) bond motifs is 1. The summed E-state index contributed by atoms with van der Waals surface area (Å²) in [5.74, 6) is -0.0953. The van der Waals surface area contributed by atoms with E-state index in [4.69, 9.17) is 0 Å². The lowest BCUT2D eigenvalue weighted by molar-refractivity contribution is 0.102. The smallest absolute Gasteiger partial charge is 0.255 e. The van der Waals surface area contributed by atoms with Crippen LogP contribution in [0, 0.1) is 0 Å². The zero-order chi connectivity index (χ0) is 16.4. The molecule has 4 heteroatoms. The number of rotatable bonds is 3. The predicted octanol–water partition coefficient (Wildman–Crippen LogP) is 4.02. The fourth-order valence-electron chi connectivity index (χ4n) is 4.11.